The van der Waals surface area contributed by atoms with Crippen molar-refractivity contribution in [3.8, 4) is 0 Å². The number of carbonyl (C=O) groups is 1. The van der Waals surface area contributed by atoms with Crippen molar-refractivity contribution in [1.29, 1.82) is 0 Å². The van der Waals surface area contributed by atoms with Crippen LogP contribution in [0, 0.1) is 17.8 Å². The van der Waals surface area contributed by atoms with E-state index in [1.165, 1.54) is 12.8 Å². The molecule has 1 aliphatic carbocycles. The van der Waals surface area contributed by atoms with Gasteiger partial charge in [-0.05, 0) is 31.1 Å². The number of sulfone groups is 1. The molecule has 0 amide bonds. The molecule has 1 aliphatic heterocycles. The number of rotatable bonds is 4. The van der Waals surface area contributed by atoms with Gasteiger partial charge in [-0.3, -0.25) is 4.79 Å². The Morgan fingerprint density at radius 2 is 1.94 bits per heavy atom. The van der Waals surface area contributed by atoms with Crippen LogP contribution in [-0.2, 0) is 14.6 Å². The fraction of sp³-hybridized carbons (Fsp3) is 0.929. The first kappa shape index (κ1) is 14.0. The maximum Gasteiger partial charge on any atom is 0.150 e. The minimum absolute atomic E-state index is 0.101. The van der Waals surface area contributed by atoms with Gasteiger partial charge in [-0.2, -0.15) is 0 Å². The molecule has 1 saturated carbocycles. The number of ketones is 1. The molecular formula is C14H24O3S. The zero-order chi connectivity index (χ0) is 13.2. The number of Topliss-reactive ketones (excluding diaryl/α,β-unsaturated/α-hetero) is 1. The van der Waals surface area contributed by atoms with Gasteiger partial charge in [0, 0.05) is 12.3 Å². The van der Waals surface area contributed by atoms with Crippen molar-refractivity contribution >= 4 is 15.6 Å². The van der Waals surface area contributed by atoms with Gasteiger partial charge < -0.3 is 0 Å². The lowest BCUT2D eigenvalue weighted by Crippen LogP contribution is -2.24. The minimum atomic E-state index is -2.84. The van der Waals surface area contributed by atoms with Gasteiger partial charge in [-0.15, -0.1) is 0 Å². The first-order chi connectivity index (χ1) is 8.50. The van der Waals surface area contributed by atoms with Gasteiger partial charge in [0.1, 0.15) is 5.78 Å². The van der Waals surface area contributed by atoms with Gasteiger partial charge in [0.25, 0.3) is 0 Å². The Bertz CT molecular complexity index is 399. The lowest BCUT2D eigenvalue weighted by Gasteiger charge is -2.28. The molecule has 2 aliphatic rings. The smallest absolute Gasteiger partial charge is 0.150 e. The van der Waals surface area contributed by atoms with Crippen LogP contribution in [0.4, 0.5) is 0 Å². The van der Waals surface area contributed by atoms with Crippen LogP contribution < -0.4 is 0 Å². The molecular weight excluding hydrogens is 248 g/mol. The Morgan fingerprint density at radius 3 is 2.56 bits per heavy atom. The molecule has 0 aromatic rings. The van der Waals surface area contributed by atoms with E-state index in [2.05, 4.69) is 6.92 Å². The molecule has 0 spiro atoms. The molecule has 0 radical (unpaired) electrons. The van der Waals surface area contributed by atoms with E-state index in [1.807, 2.05) is 0 Å². The van der Waals surface area contributed by atoms with Crippen LogP contribution in [0.15, 0.2) is 0 Å². The van der Waals surface area contributed by atoms with E-state index in [0.29, 0.717) is 24.5 Å². The van der Waals surface area contributed by atoms with Crippen LogP contribution in [0.5, 0.6) is 0 Å². The van der Waals surface area contributed by atoms with E-state index in [-0.39, 0.29) is 23.3 Å². The van der Waals surface area contributed by atoms with Gasteiger partial charge in [0.15, 0.2) is 9.84 Å². The lowest BCUT2D eigenvalue weighted by atomic mass is 9.77. The Kier molecular flexibility index (Phi) is 4.46. The first-order valence-electron chi connectivity index (χ1n) is 7.23. The van der Waals surface area contributed by atoms with E-state index < -0.39 is 9.84 Å². The second-order valence-corrected chi connectivity index (χ2v) is 8.31. The van der Waals surface area contributed by atoms with E-state index in [0.717, 1.165) is 19.3 Å². The summed E-state index contributed by atoms with van der Waals surface area (Å²) in [7, 11) is -2.84. The standard InChI is InChI=1S/C14H24O3S/c1-2-11-4-3-5-13(8-11)14(15)9-12-6-7-18(16,17)10-12/h11-13H,2-10H2,1H3. The second-order valence-electron chi connectivity index (χ2n) is 6.08. The Balaban J connectivity index is 1.84. The fourth-order valence-electron chi connectivity index (χ4n) is 3.44. The van der Waals surface area contributed by atoms with Crippen molar-refractivity contribution in [1.82, 2.24) is 0 Å². The van der Waals surface area contributed by atoms with E-state index in [9.17, 15) is 13.2 Å². The molecule has 3 unspecified atom stereocenters. The van der Waals surface area contributed by atoms with Crippen LogP contribution in [0.1, 0.15) is 51.9 Å². The predicted molar refractivity (Wildman–Crippen MR) is 72.1 cm³/mol. The molecule has 3 atom stereocenters. The summed E-state index contributed by atoms with van der Waals surface area (Å²) in [6.07, 6.45) is 6.85. The average Bonchev–Trinajstić information content (AvgIpc) is 2.68. The minimum Gasteiger partial charge on any atom is -0.299 e. The zero-order valence-electron chi connectivity index (χ0n) is 11.2. The molecule has 0 N–H and O–H groups in total. The van der Waals surface area contributed by atoms with E-state index >= 15 is 0 Å². The average molecular weight is 272 g/mol. The van der Waals surface area contributed by atoms with Crippen molar-refractivity contribution in [3.63, 3.8) is 0 Å². The Hall–Kier alpha value is -0.380. The maximum absolute atomic E-state index is 12.2. The van der Waals surface area contributed by atoms with Gasteiger partial charge >= 0.3 is 0 Å². The molecule has 0 bridgehead atoms. The predicted octanol–water partition coefficient (Wildman–Crippen LogP) is 2.60. The highest BCUT2D eigenvalue weighted by atomic mass is 32.2. The highest BCUT2D eigenvalue weighted by molar-refractivity contribution is 7.91. The van der Waals surface area contributed by atoms with Gasteiger partial charge in [-0.1, -0.05) is 26.2 Å². The van der Waals surface area contributed by atoms with Crippen molar-refractivity contribution < 1.29 is 13.2 Å². The largest absolute Gasteiger partial charge is 0.299 e. The topological polar surface area (TPSA) is 51.2 Å². The summed E-state index contributed by atoms with van der Waals surface area (Å²) >= 11 is 0. The third kappa shape index (κ3) is 3.56. The summed E-state index contributed by atoms with van der Waals surface area (Å²) in [4.78, 5) is 12.2. The SMILES string of the molecule is CCC1CCCC(C(=O)CC2CCS(=O)(=O)C2)C1. The highest BCUT2D eigenvalue weighted by Crippen LogP contribution is 2.33. The normalized spacial score (nSPS) is 35.5. The zero-order valence-corrected chi connectivity index (χ0v) is 12.0. The summed E-state index contributed by atoms with van der Waals surface area (Å²) in [6.45, 7) is 2.20. The van der Waals surface area contributed by atoms with E-state index in [4.69, 9.17) is 0 Å². The lowest BCUT2D eigenvalue weighted by molar-refractivity contribution is -0.125. The van der Waals surface area contributed by atoms with Crippen LogP contribution >= 0.6 is 0 Å². The second kappa shape index (κ2) is 5.72. The van der Waals surface area contributed by atoms with Crippen LogP contribution in [0.25, 0.3) is 0 Å². The summed E-state index contributed by atoms with van der Waals surface area (Å²) in [5.74, 6) is 1.88. The van der Waals surface area contributed by atoms with Gasteiger partial charge in [-0.25, -0.2) is 8.42 Å². The molecule has 0 aromatic carbocycles. The van der Waals surface area contributed by atoms with Crippen molar-refractivity contribution in [2.45, 2.75) is 51.9 Å². The summed E-state index contributed by atoms with van der Waals surface area (Å²) in [5, 5.41) is 0. The van der Waals surface area contributed by atoms with Crippen LogP contribution in [0.3, 0.4) is 0 Å². The monoisotopic (exact) mass is 272 g/mol. The third-order valence-electron chi connectivity index (χ3n) is 4.63. The summed E-state index contributed by atoms with van der Waals surface area (Å²) in [5.41, 5.74) is 0. The number of hydrogen-bond acceptors (Lipinski definition) is 3. The molecule has 18 heavy (non-hydrogen) atoms. The fourth-order valence-corrected chi connectivity index (χ4v) is 5.30. The molecule has 1 heterocycles. The number of hydrogen-bond donors (Lipinski definition) is 0. The van der Waals surface area contributed by atoms with Crippen molar-refractivity contribution in [3.05, 3.63) is 0 Å². The molecule has 4 heteroatoms. The molecule has 1 saturated heterocycles. The highest BCUT2D eigenvalue weighted by Gasteiger charge is 2.32. The van der Waals surface area contributed by atoms with Crippen LogP contribution in [0.2, 0.25) is 0 Å². The number of carbonyl (C=O) groups excluding carboxylic acids is 1. The van der Waals surface area contributed by atoms with Gasteiger partial charge in [0.2, 0.25) is 0 Å². The van der Waals surface area contributed by atoms with Crippen LogP contribution in [-0.4, -0.2) is 25.7 Å². The van der Waals surface area contributed by atoms with Gasteiger partial charge in [0.05, 0.1) is 11.5 Å². The summed E-state index contributed by atoms with van der Waals surface area (Å²) < 4.78 is 22.8. The first-order valence-corrected chi connectivity index (χ1v) is 9.05. The molecule has 0 aromatic heterocycles. The Labute approximate surface area is 110 Å². The Morgan fingerprint density at radius 1 is 1.17 bits per heavy atom. The van der Waals surface area contributed by atoms with Crippen molar-refractivity contribution in [2.24, 2.45) is 17.8 Å². The molecule has 3 nitrogen and oxygen atoms in total. The third-order valence-corrected chi connectivity index (χ3v) is 6.47. The summed E-state index contributed by atoms with van der Waals surface area (Å²) in [6, 6.07) is 0. The molecule has 2 rings (SSSR count). The van der Waals surface area contributed by atoms with Crippen molar-refractivity contribution in [2.75, 3.05) is 11.5 Å². The van der Waals surface area contributed by atoms with E-state index in [1.54, 1.807) is 0 Å². The molecule has 104 valence electrons. The molecule has 2 fully saturated rings. The quantitative estimate of drug-likeness (QED) is 0.790. The maximum atomic E-state index is 12.2.